The van der Waals surface area contributed by atoms with Gasteiger partial charge in [-0.05, 0) is 54.1 Å². The first-order valence-electron chi connectivity index (χ1n) is 7.46. The van der Waals surface area contributed by atoms with E-state index in [9.17, 15) is 0 Å². The topological polar surface area (TPSA) is 21.3 Å². The maximum Gasteiger partial charge on any atom is 0.125 e. The highest BCUT2D eigenvalue weighted by Crippen LogP contribution is 2.33. The number of likely N-dealkylation sites (N-methyl/N-ethyl adjacent to an activating group) is 1. The first-order valence-corrected chi connectivity index (χ1v) is 8.72. The maximum atomic E-state index is 6.26. The molecule has 1 N–H and O–H groups in total. The number of thiophene rings is 1. The molecule has 2 heterocycles. The summed E-state index contributed by atoms with van der Waals surface area (Å²) in [5.41, 5.74) is 2.49. The molecule has 0 spiro atoms. The van der Waals surface area contributed by atoms with Gasteiger partial charge < -0.3 is 10.1 Å². The molecule has 1 aliphatic heterocycles. The predicted octanol–water partition coefficient (Wildman–Crippen LogP) is 4.10. The van der Waals surface area contributed by atoms with Gasteiger partial charge in [0.1, 0.15) is 5.75 Å². The van der Waals surface area contributed by atoms with Crippen LogP contribution in [-0.4, -0.2) is 19.2 Å². The fourth-order valence-electron chi connectivity index (χ4n) is 2.94. The molecule has 1 aromatic carbocycles. The van der Waals surface area contributed by atoms with E-state index in [1.807, 2.05) is 17.4 Å². The maximum absolute atomic E-state index is 6.26. The van der Waals surface area contributed by atoms with Crippen LogP contribution in [0.2, 0.25) is 5.02 Å². The van der Waals surface area contributed by atoms with Gasteiger partial charge in [0.25, 0.3) is 0 Å². The van der Waals surface area contributed by atoms with E-state index in [0.29, 0.717) is 6.04 Å². The quantitative estimate of drug-likeness (QED) is 0.865. The Hall–Kier alpha value is -1.03. The number of nitrogens with one attached hydrogen (secondary N) is 1. The molecule has 0 fully saturated rings. The Kier molecular flexibility index (Phi) is 4.84. The summed E-state index contributed by atoms with van der Waals surface area (Å²) in [6.07, 6.45) is 2.97. The number of ether oxygens (including phenoxy) is 1. The molecular weight excluding hydrogens is 302 g/mol. The molecular formula is C17H20ClNOS. The van der Waals surface area contributed by atoms with E-state index in [4.69, 9.17) is 16.3 Å². The summed E-state index contributed by atoms with van der Waals surface area (Å²) in [5.74, 6) is 1.06. The number of rotatable bonds is 6. The van der Waals surface area contributed by atoms with Crippen LogP contribution in [0.25, 0.3) is 0 Å². The van der Waals surface area contributed by atoms with Gasteiger partial charge in [0.05, 0.1) is 6.61 Å². The highest BCUT2D eigenvalue weighted by molar-refractivity contribution is 7.09. The van der Waals surface area contributed by atoms with E-state index >= 15 is 0 Å². The van der Waals surface area contributed by atoms with Crippen LogP contribution in [0.4, 0.5) is 0 Å². The van der Waals surface area contributed by atoms with E-state index in [1.165, 1.54) is 16.0 Å². The monoisotopic (exact) mass is 321 g/mol. The molecule has 1 atom stereocenters. The Bertz CT molecular complexity index is 597. The van der Waals surface area contributed by atoms with Crippen LogP contribution in [0, 0.1) is 0 Å². The van der Waals surface area contributed by atoms with Crippen molar-refractivity contribution in [3.05, 3.63) is 50.7 Å². The highest BCUT2D eigenvalue weighted by Gasteiger charge is 2.20. The van der Waals surface area contributed by atoms with Gasteiger partial charge in [-0.2, -0.15) is 0 Å². The Labute approximate surface area is 135 Å². The van der Waals surface area contributed by atoms with Crippen LogP contribution < -0.4 is 10.1 Å². The van der Waals surface area contributed by atoms with Crippen molar-refractivity contribution in [3.8, 4) is 5.75 Å². The van der Waals surface area contributed by atoms with Crippen LogP contribution >= 0.6 is 22.9 Å². The van der Waals surface area contributed by atoms with Gasteiger partial charge in [0.15, 0.2) is 0 Å². The van der Waals surface area contributed by atoms with Gasteiger partial charge in [-0.25, -0.2) is 0 Å². The van der Waals surface area contributed by atoms with Gasteiger partial charge in [-0.3, -0.25) is 0 Å². The smallest absolute Gasteiger partial charge is 0.125 e. The number of hydrogen-bond donors (Lipinski definition) is 1. The lowest BCUT2D eigenvalue weighted by molar-refractivity contribution is 0.351. The van der Waals surface area contributed by atoms with E-state index in [2.05, 4.69) is 35.8 Å². The zero-order chi connectivity index (χ0) is 14.7. The number of benzene rings is 1. The number of hydrogen-bond acceptors (Lipinski definition) is 3. The van der Waals surface area contributed by atoms with E-state index in [1.54, 1.807) is 0 Å². The van der Waals surface area contributed by atoms with Gasteiger partial charge in [-0.15, -0.1) is 11.3 Å². The fourth-order valence-corrected chi connectivity index (χ4v) is 3.99. The van der Waals surface area contributed by atoms with Crippen molar-refractivity contribution in [1.82, 2.24) is 5.32 Å². The van der Waals surface area contributed by atoms with Crippen LogP contribution in [0.5, 0.6) is 5.75 Å². The summed E-state index contributed by atoms with van der Waals surface area (Å²) in [7, 11) is 0. The van der Waals surface area contributed by atoms with Crippen molar-refractivity contribution < 1.29 is 4.74 Å². The van der Waals surface area contributed by atoms with E-state index in [0.717, 1.165) is 43.2 Å². The first-order chi connectivity index (χ1) is 10.3. The Balaban J connectivity index is 1.79. The fraction of sp³-hybridized carbons (Fsp3) is 0.412. The average molecular weight is 322 g/mol. The SMILES string of the molecule is CCNC(Cc1cccs1)Cc1cc(Cl)cc2c1OCC2. The zero-order valence-corrected chi connectivity index (χ0v) is 13.8. The molecule has 112 valence electrons. The van der Waals surface area contributed by atoms with E-state index < -0.39 is 0 Å². The molecule has 3 rings (SSSR count). The second kappa shape index (κ2) is 6.82. The normalized spacial score (nSPS) is 14.8. The second-order valence-corrected chi connectivity index (χ2v) is 6.86. The molecule has 1 unspecified atom stereocenters. The molecule has 0 amide bonds. The minimum absolute atomic E-state index is 0.417. The van der Waals surface area contributed by atoms with Crippen molar-refractivity contribution in [2.75, 3.05) is 13.2 Å². The van der Waals surface area contributed by atoms with Crippen molar-refractivity contribution in [3.63, 3.8) is 0 Å². The molecule has 2 nitrogen and oxygen atoms in total. The van der Waals surface area contributed by atoms with Crippen LogP contribution in [0.15, 0.2) is 29.6 Å². The molecule has 0 saturated carbocycles. The first kappa shape index (κ1) is 14.9. The number of fused-ring (bicyclic) bond motifs is 1. The van der Waals surface area contributed by atoms with Crippen molar-refractivity contribution in [2.45, 2.75) is 32.2 Å². The lowest BCUT2D eigenvalue weighted by atomic mass is 9.99. The zero-order valence-electron chi connectivity index (χ0n) is 12.2. The largest absolute Gasteiger partial charge is 0.493 e. The summed E-state index contributed by atoms with van der Waals surface area (Å²) in [6.45, 7) is 3.90. The summed E-state index contributed by atoms with van der Waals surface area (Å²) in [6, 6.07) is 8.83. The van der Waals surface area contributed by atoms with Crippen molar-refractivity contribution in [1.29, 1.82) is 0 Å². The van der Waals surface area contributed by atoms with Crippen LogP contribution in [0.3, 0.4) is 0 Å². The minimum Gasteiger partial charge on any atom is -0.493 e. The summed E-state index contributed by atoms with van der Waals surface area (Å²) >= 11 is 8.08. The standard InChI is InChI=1S/C17H20ClNOS/c1-2-19-15(11-16-4-3-7-21-16)10-13-9-14(18)8-12-5-6-20-17(12)13/h3-4,7-9,15,19H,2,5-6,10-11H2,1H3. The molecule has 0 radical (unpaired) electrons. The molecule has 21 heavy (non-hydrogen) atoms. The van der Waals surface area contributed by atoms with Gasteiger partial charge >= 0.3 is 0 Å². The number of halogens is 1. The molecule has 0 bridgehead atoms. The lowest BCUT2D eigenvalue weighted by Crippen LogP contribution is -2.32. The third-order valence-corrected chi connectivity index (χ3v) is 4.93. The van der Waals surface area contributed by atoms with Gasteiger partial charge in [-0.1, -0.05) is 24.6 Å². The Morgan fingerprint density at radius 1 is 1.38 bits per heavy atom. The summed E-state index contributed by atoms with van der Waals surface area (Å²) < 4.78 is 5.82. The minimum atomic E-state index is 0.417. The van der Waals surface area contributed by atoms with Crippen molar-refractivity contribution >= 4 is 22.9 Å². The molecule has 4 heteroatoms. The molecule has 0 aliphatic carbocycles. The Morgan fingerprint density at radius 3 is 3.05 bits per heavy atom. The molecule has 1 aliphatic rings. The highest BCUT2D eigenvalue weighted by atomic mass is 35.5. The summed E-state index contributed by atoms with van der Waals surface area (Å²) in [5, 5.41) is 6.55. The molecule has 0 saturated heterocycles. The second-order valence-electron chi connectivity index (χ2n) is 5.39. The molecule has 2 aromatic rings. The van der Waals surface area contributed by atoms with Crippen LogP contribution in [-0.2, 0) is 19.3 Å². The molecule has 1 aromatic heterocycles. The Morgan fingerprint density at radius 2 is 2.29 bits per heavy atom. The van der Waals surface area contributed by atoms with Crippen molar-refractivity contribution in [2.24, 2.45) is 0 Å². The summed E-state index contributed by atoms with van der Waals surface area (Å²) in [4.78, 5) is 1.42. The average Bonchev–Trinajstić information content (AvgIpc) is 3.09. The van der Waals surface area contributed by atoms with Gasteiger partial charge in [0.2, 0.25) is 0 Å². The predicted molar refractivity (Wildman–Crippen MR) is 89.8 cm³/mol. The third-order valence-electron chi connectivity index (χ3n) is 3.81. The third kappa shape index (κ3) is 3.60. The van der Waals surface area contributed by atoms with Gasteiger partial charge in [0, 0.05) is 22.4 Å². The van der Waals surface area contributed by atoms with E-state index in [-0.39, 0.29) is 0 Å². The van der Waals surface area contributed by atoms with Crippen LogP contribution in [0.1, 0.15) is 22.9 Å². The lowest BCUT2D eigenvalue weighted by Gasteiger charge is -2.19.